The molecule has 0 atom stereocenters. The van der Waals surface area contributed by atoms with Crippen molar-refractivity contribution in [1.29, 1.82) is 0 Å². The van der Waals surface area contributed by atoms with Crippen LogP contribution in [0.1, 0.15) is 12.8 Å². The normalized spacial score (nSPS) is 11.1. The van der Waals surface area contributed by atoms with Crippen molar-refractivity contribution in [2.75, 3.05) is 17.8 Å². The SMILES string of the molecule is CSCCCCn1c(SCC(=O)O)nc2cc(F)ccc21. The monoisotopic (exact) mass is 328 g/mol. The van der Waals surface area contributed by atoms with Gasteiger partial charge in [-0.3, -0.25) is 4.79 Å². The third kappa shape index (κ3) is 4.38. The fraction of sp³-hybridized carbons (Fsp3) is 0.429. The Labute approximate surface area is 131 Å². The maximum absolute atomic E-state index is 13.3. The number of halogens is 1. The molecule has 7 heteroatoms. The molecule has 0 aliphatic rings. The van der Waals surface area contributed by atoms with Gasteiger partial charge < -0.3 is 9.67 Å². The molecule has 0 bridgehead atoms. The highest BCUT2D eigenvalue weighted by molar-refractivity contribution is 7.99. The van der Waals surface area contributed by atoms with Gasteiger partial charge >= 0.3 is 5.97 Å². The molecular weight excluding hydrogens is 311 g/mol. The first-order valence-electron chi connectivity index (χ1n) is 6.61. The number of carboxylic acid groups (broad SMARTS) is 1. The topological polar surface area (TPSA) is 55.1 Å². The molecule has 1 aromatic heterocycles. The summed E-state index contributed by atoms with van der Waals surface area (Å²) in [7, 11) is 0. The number of nitrogens with zero attached hydrogens (tertiary/aromatic N) is 2. The number of carboxylic acids is 1. The van der Waals surface area contributed by atoms with Crippen LogP contribution in [0, 0.1) is 5.82 Å². The number of imidazole rings is 1. The van der Waals surface area contributed by atoms with Gasteiger partial charge in [-0.25, -0.2) is 9.37 Å². The molecule has 0 aliphatic carbocycles. The summed E-state index contributed by atoms with van der Waals surface area (Å²) in [5.41, 5.74) is 1.43. The Hall–Kier alpha value is -1.21. The van der Waals surface area contributed by atoms with E-state index in [-0.39, 0.29) is 11.6 Å². The maximum atomic E-state index is 13.3. The lowest BCUT2D eigenvalue weighted by molar-refractivity contribution is -0.133. The van der Waals surface area contributed by atoms with Crippen molar-refractivity contribution in [2.24, 2.45) is 0 Å². The fourth-order valence-corrected chi connectivity index (χ4v) is 3.30. The van der Waals surface area contributed by atoms with E-state index in [9.17, 15) is 9.18 Å². The van der Waals surface area contributed by atoms with Crippen LogP contribution in [0.25, 0.3) is 11.0 Å². The summed E-state index contributed by atoms with van der Waals surface area (Å²) in [6.45, 7) is 0.768. The number of carbonyl (C=O) groups is 1. The Morgan fingerprint density at radius 1 is 1.43 bits per heavy atom. The zero-order valence-corrected chi connectivity index (χ0v) is 13.3. The number of unbranched alkanes of at least 4 members (excludes halogenated alkanes) is 1. The summed E-state index contributed by atoms with van der Waals surface area (Å²) < 4.78 is 15.3. The Morgan fingerprint density at radius 2 is 2.24 bits per heavy atom. The number of hydrogen-bond acceptors (Lipinski definition) is 4. The van der Waals surface area contributed by atoms with Crippen LogP contribution in [0.15, 0.2) is 23.4 Å². The predicted octanol–water partition coefficient (Wildman–Crippen LogP) is 3.50. The number of aryl methyl sites for hydroxylation is 1. The Balaban J connectivity index is 2.23. The van der Waals surface area contributed by atoms with Crippen molar-refractivity contribution in [1.82, 2.24) is 9.55 Å². The number of benzene rings is 1. The number of aliphatic carboxylic acids is 1. The molecule has 0 fully saturated rings. The second kappa shape index (κ2) is 7.70. The summed E-state index contributed by atoms with van der Waals surface area (Å²) in [6.07, 6.45) is 4.15. The predicted molar refractivity (Wildman–Crippen MR) is 85.7 cm³/mol. The van der Waals surface area contributed by atoms with Crippen LogP contribution in [-0.4, -0.2) is 38.4 Å². The van der Waals surface area contributed by atoms with Gasteiger partial charge in [-0.15, -0.1) is 0 Å². The van der Waals surface area contributed by atoms with E-state index in [1.807, 2.05) is 4.57 Å². The van der Waals surface area contributed by atoms with E-state index < -0.39 is 5.97 Å². The van der Waals surface area contributed by atoms with Crippen LogP contribution in [0.5, 0.6) is 0 Å². The molecule has 0 saturated carbocycles. The minimum atomic E-state index is -0.882. The highest BCUT2D eigenvalue weighted by Gasteiger charge is 2.13. The van der Waals surface area contributed by atoms with Gasteiger partial charge in [0.05, 0.1) is 16.8 Å². The fourth-order valence-electron chi connectivity index (χ4n) is 2.05. The average Bonchev–Trinajstić information content (AvgIpc) is 2.78. The summed E-state index contributed by atoms with van der Waals surface area (Å²) in [4.78, 5) is 15.1. The molecular formula is C14H17FN2O2S2. The van der Waals surface area contributed by atoms with E-state index in [2.05, 4.69) is 11.2 Å². The van der Waals surface area contributed by atoms with Crippen molar-refractivity contribution >= 4 is 40.5 Å². The Bertz CT molecular complexity index is 631. The molecule has 1 N–H and O–H groups in total. The number of aromatic nitrogens is 2. The van der Waals surface area contributed by atoms with Crippen molar-refractivity contribution < 1.29 is 14.3 Å². The van der Waals surface area contributed by atoms with Gasteiger partial charge in [-0.2, -0.15) is 11.8 Å². The van der Waals surface area contributed by atoms with Crippen molar-refractivity contribution in [3.63, 3.8) is 0 Å². The molecule has 2 aromatic rings. The maximum Gasteiger partial charge on any atom is 0.313 e. The highest BCUT2D eigenvalue weighted by atomic mass is 32.2. The van der Waals surface area contributed by atoms with Gasteiger partial charge in [0.2, 0.25) is 0 Å². The molecule has 1 heterocycles. The van der Waals surface area contributed by atoms with Crippen LogP contribution in [-0.2, 0) is 11.3 Å². The minimum Gasteiger partial charge on any atom is -0.481 e. The molecule has 0 saturated heterocycles. The van der Waals surface area contributed by atoms with E-state index in [0.29, 0.717) is 10.7 Å². The molecule has 2 rings (SSSR count). The first-order chi connectivity index (χ1) is 10.1. The molecule has 0 spiro atoms. The molecule has 0 radical (unpaired) electrons. The number of fused-ring (bicyclic) bond motifs is 1. The Kier molecular flexibility index (Phi) is 5.93. The summed E-state index contributed by atoms with van der Waals surface area (Å²) in [5, 5.41) is 9.45. The van der Waals surface area contributed by atoms with E-state index in [1.165, 1.54) is 23.9 Å². The van der Waals surface area contributed by atoms with Crippen molar-refractivity contribution in [3.8, 4) is 0 Å². The van der Waals surface area contributed by atoms with Crippen LogP contribution in [0.3, 0.4) is 0 Å². The van der Waals surface area contributed by atoms with Gasteiger partial charge in [0.1, 0.15) is 5.82 Å². The van der Waals surface area contributed by atoms with Crippen LogP contribution in [0.4, 0.5) is 4.39 Å². The molecule has 0 unspecified atom stereocenters. The van der Waals surface area contributed by atoms with Crippen LogP contribution in [0.2, 0.25) is 0 Å². The van der Waals surface area contributed by atoms with Crippen molar-refractivity contribution in [2.45, 2.75) is 24.5 Å². The lowest BCUT2D eigenvalue weighted by Crippen LogP contribution is -2.04. The average molecular weight is 328 g/mol. The number of thioether (sulfide) groups is 2. The van der Waals surface area contributed by atoms with Gasteiger partial charge in [-0.05, 0) is 37.0 Å². The molecule has 0 aliphatic heterocycles. The Morgan fingerprint density at radius 3 is 2.95 bits per heavy atom. The molecule has 0 amide bonds. The second-order valence-electron chi connectivity index (χ2n) is 4.56. The summed E-state index contributed by atoms with van der Waals surface area (Å²) >= 11 is 2.98. The van der Waals surface area contributed by atoms with Crippen LogP contribution < -0.4 is 0 Å². The highest BCUT2D eigenvalue weighted by Crippen LogP contribution is 2.25. The van der Waals surface area contributed by atoms with E-state index >= 15 is 0 Å². The van der Waals surface area contributed by atoms with Crippen molar-refractivity contribution in [3.05, 3.63) is 24.0 Å². The quantitative estimate of drug-likeness (QED) is 0.594. The first kappa shape index (κ1) is 16.2. The standard InChI is InChI=1S/C14H17FN2O2S2/c1-20-7-3-2-6-17-12-5-4-10(15)8-11(12)16-14(17)21-9-13(18)19/h4-5,8H,2-3,6-7,9H2,1H3,(H,18,19). The van der Waals surface area contributed by atoms with E-state index in [4.69, 9.17) is 5.11 Å². The zero-order valence-electron chi connectivity index (χ0n) is 11.7. The number of rotatable bonds is 8. The van der Waals surface area contributed by atoms with E-state index in [0.717, 1.165) is 30.7 Å². The second-order valence-corrected chi connectivity index (χ2v) is 6.49. The van der Waals surface area contributed by atoms with E-state index in [1.54, 1.807) is 17.8 Å². The smallest absolute Gasteiger partial charge is 0.313 e. The van der Waals surface area contributed by atoms with Gasteiger partial charge in [0, 0.05) is 12.6 Å². The zero-order chi connectivity index (χ0) is 15.2. The van der Waals surface area contributed by atoms with Crippen LogP contribution >= 0.6 is 23.5 Å². The lowest BCUT2D eigenvalue weighted by atomic mass is 10.3. The molecule has 21 heavy (non-hydrogen) atoms. The van der Waals surface area contributed by atoms with Gasteiger partial charge in [0.25, 0.3) is 0 Å². The largest absolute Gasteiger partial charge is 0.481 e. The summed E-state index contributed by atoms with van der Waals surface area (Å²) in [6, 6.07) is 4.50. The molecule has 114 valence electrons. The third-order valence-corrected chi connectivity index (χ3v) is 4.64. The minimum absolute atomic E-state index is 0.0450. The van der Waals surface area contributed by atoms with Gasteiger partial charge in [0.15, 0.2) is 5.16 Å². The molecule has 1 aromatic carbocycles. The first-order valence-corrected chi connectivity index (χ1v) is 8.99. The lowest BCUT2D eigenvalue weighted by Gasteiger charge is -2.08. The van der Waals surface area contributed by atoms with Gasteiger partial charge in [-0.1, -0.05) is 11.8 Å². The number of hydrogen-bond donors (Lipinski definition) is 1. The molecule has 4 nitrogen and oxygen atoms in total. The summed E-state index contributed by atoms with van der Waals surface area (Å²) in [5.74, 6) is -0.161. The third-order valence-electron chi connectivity index (χ3n) is 2.98.